The van der Waals surface area contributed by atoms with Crippen LogP contribution in [0.1, 0.15) is 44.9 Å². The molecule has 4 amide bonds. The maximum atomic E-state index is 12.7. The molecule has 1 aliphatic rings. The van der Waals surface area contributed by atoms with Gasteiger partial charge in [0.1, 0.15) is 0 Å². The van der Waals surface area contributed by atoms with Crippen molar-refractivity contribution in [2.24, 2.45) is 0 Å². The molecule has 0 unspecified atom stereocenters. The molecule has 0 bridgehead atoms. The highest BCUT2D eigenvalue weighted by atomic mass is 16.5. The van der Waals surface area contributed by atoms with Crippen LogP contribution in [0.2, 0.25) is 0 Å². The molecule has 0 aliphatic carbocycles. The lowest BCUT2D eigenvalue weighted by Crippen LogP contribution is -2.37. The molecule has 6 N–H and O–H groups in total. The number of nitrogens with one attached hydrogen (secondary N) is 5. The van der Waals surface area contributed by atoms with Crippen LogP contribution < -0.4 is 21.4 Å². The van der Waals surface area contributed by atoms with Gasteiger partial charge in [0.25, 0.3) is 17.7 Å². The number of H-pyrrole nitrogens is 1. The largest absolute Gasteiger partial charge is 0.358 e. The van der Waals surface area contributed by atoms with Gasteiger partial charge in [0.15, 0.2) is 0 Å². The first-order valence-electron chi connectivity index (χ1n) is 10.0. The van der Waals surface area contributed by atoms with Crippen LogP contribution >= 0.6 is 0 Å². The lowest BCUT2D eigenvalue weighted by atomic mass is 10.0. The quantitative estimate of drug-likeness (QED) is 0.217. The number of carbonyl (C=O) groups excluding carboxylic acids is 4. The number of benzene rings is 1. The zero-order chi connectivity index (χ0) is 23.4. The van der Waals surface area contributed by atoms with Crippen molar-refractivity contribution in [1.82, 2.24) is 21.1 Å². The van der Waals surface area contributed by atoms with E-state index in [9.17, 15) is 19.2 Å². The second kappa shape index (κ2) is 9.48. The van der Waals surface area contributed by atoms with Crippen molar-refractivity contribution in [1.29, 1.82) is 0 Å². The van der Waals surface area contributed by atoms with Gasteiger partial charge < -0.3 is 20.9 Å². The van der Waals surface area contributed by atoms with E-state index in [1.807, 2.05) is 25.1 Å². The first kappa shape index (κ1) is 22.8. The Morgan fingerprint density at radius 1 is 1.09 bits per heavy atom. The summed E-state index contributed by atoms with van der Waals surface area (Å²) in [4.78, 5) is 50.9. The van der Waals surface area contributed by atoms with Gasteiger partial charge in [-0.25, -0.2) is 5.48 Å². The molecule has 168 valence electrons. The molecule has 0 saturated heterocycles. The van der Waals surface area contributed by atoms with Crippen LogP contribution in [0, 0.1) is 20.8 Å². The molecular formula is C22H25N5O5. The minimum absolute atomic E-state index is 0.0276. The zero-order valence-electron chi connectivity index (χ0n) is 18.0. The molecule has 10 nitrogen and oxygen atoms in total. The molecular weight excluding hydrogens is 414 g/mol. The Kier molecular flexibility index (Phi) is 6.74. The minimum Gasteiger partial charge on any atom is -0.358 e. The number of anilines is 1. The predicted octanol–water partition coefficient (Wildman–Crippen LogP) is 1.17. The summed E-state index contributed by atoms with van der Waals surface area (Å²) in [6, 6.07) is 5.73. The maximum Gasteiger partial charge on any atom is 0.262 e. The molecule has 2 aromatic rings. The van der Waals surface area contributed by atoms with Crippen molar-refractivity contribution in [3.8, 4) is 0 Å². The number of hydroxylamine groups is 1. The molecule has 0 fully saturated rings. The Morgan fingerprint density at radius 2 is 1.84 bits per heavy atom. The van der Waals surface area contributed by atoms with E-state index in [-0.39, 0.29) is 31.3 Å². The van der Waals surface area contributed by atoms with Gasteiger partial charge in [0.2, 0.25) is 5.91 Å². The summed E-state index contributed by atoms with van der Waals surface area (Å²) in [5.74, 6) is -1.74. The Bertz CT molecular complexity index is 1130. The smallest absolute Gasteiger partial charge is 0.262 e. The minimum atomic E-state index is -0.740. The number of fused-ring (bicyclic) bond motifs is 1. The van der Waals surface area contributed by atoms with Gasteiger partial charge >= 0.3 is 0 Å². The van der Waals surface area contributed by atoms with E-state index in [0.717, 1.165) is 16.8 Å². The molecule has 0 spiro atoms. The first-order valence-corrected chi connectivity index (χ1v) is 10.0. The molecule has 0 radical (unpaired) electrons. The standard InChI is InChI=1S/C22H25N5O5/c1-11-4-5-16-14(8-11)15(21(30)26-16)9-17-12(2)20(13(3)25-17)22(31)23-7-6-18(28)24-10-19(29)27-32/h4-5,8-9,25,32H,6-7,10H2,1-3H3,(H,23,31)(H,24,28)(H,26,30)(H,27,29)/b15-9-. The van der Waals surface area contributed by atoms with E-state index < -0.39 is 11.8 Å². The summed E-state index contributed by atoms with van der Waals surface area (Å²) < 4.78 is 0. The summed E-state index contributed by atoms with van der Waals surface area (Å²) in [6.45, 7) is 5.22. The topological polar surface area (TPSA) is 152 Å². The highest BCUT2D eigenvalue weighted by Crippen LogP contribution is 2.34. The van der Waals surface area contributed by atoms with Crippen LogP contribution in [-0.2, 0) is 14.4 Å². The van der Waals surface area contributed by atoms with Gasteiger partial charge in [-0.15, -0.1) is 0 Å². The number of aromatic nitrogens is 1. The Balaban J connectivity index is 1.70. The monoisotopic (exact) mass is 439 g/mol. The summed E-state index contributed by atoms with van der Waals surface area (Å²) in [7, 11) is 0. The summed E-state index contributed by atoms with van der Waals surface area (Å²) in [6.07, 6.45) is 1.71. The summed E-state index contributed by atoms with van der Waals surface area (Å²) >= 11 is 0. The molecule has 0 saturated carbocycles. The van der Waals surface area contributed by atoms with E-state index in [4.69, 9.17) is 5.21 Å². The molecule has 3 rings (SSSR count). The van der Waals surface area contributed by atoms with Crippen molar-refractivity contribution >= 4 is 41.0 Å². The van der Waals surface area contributed by atoms with Gasteiger partial charge in [-0.3, -0.25) is 24.4 Å². The molecule has 2 heterocycles. The fourth-order valence-corrected chi connectivity index (χ4v) is 3.53. The van der Waals surface area contributed by atoms with Crippen LogP contribution in [0.25, 0.3) is 11.6 Å². The van der Waals surface area contributed by atoms with Crippen molar-refractivity contribution in [3.63, 3.8) is 0 Å². The second-order valence-electron chi connectivity index (χ2n) is 7.54. The maximum absolute atomic E-state index is 12.7. The summed E-state index contributed by atoms with van der Waals surface area (Å²) in [5.41, 5.74) is 6.95. The fourth-order valence-electron chi connectivity index (χ4n) is 3.53. The molecule has 1 aromatic heterocycles. The predicted molar refractivity (Wildman–Crippen MR) is 118 cm³/mol. The Hall–Kier alpha value is -3.92. The van der Waals surface area contributed by atoms with Crippen LogP contribution in [0.5, 0.6) is 0 Å². The number of aromatic amines is 1. The van der Waals surface area contributed by atoms with Crippen molar-refractivity contribution in [2.45, 2.75) is 27.2 Å². The summed E-state index contributed by atoms with van der Waals surface area (Å²) in [5, 5.41) is 16.2. The number of carbonyl (C=O) groups is 4. The average molecular weight is 439 g/mol. The van der Waals surface area contributed by atoms with Gasteiger partial charge in [-0.05, 0) is 44.5 Å². The van der Waals surface area contributed by atoms with Gasteiger partial charge in [0, 0.05) is 35.6 Å². The van der Waals surface area contributed by atoms with Crippen LogP contribution in [0.15, 0.2) is 18.2 Å². The third kappa shape index (κ3) is 4.86. The van der Waals surface area contributed by atoms with Crippen molar-refractivity contribution in [2.75, 3.05) is 18.4 Å². The van der Waals surface area contributed by atoms with E-state index in [1.54, 1.807) is 19.9 Å². The third-order valence-corrected chi connectivity index (χ3v) is 5.16. The van der Waals surface area contributed by atoms with Gasteiger partial charge in [-0.1, -0.05) is 11.6 Å². The van der Waals surface area contributed by atoms with Crippen molar-refractivity contribution in [3.05, 3.63) is 51.8 Å². The van der Waals surface area contributed by atoms with E-state index in [0.29, 0.717) is 28.1 Å². The molecule has 32 heavy (non-hydrogen) atoms. The van der Waals surface area contributed by atoms with Gasteiger partial charge in [0.05, 0.1) is 17.7 Å². The van der Waals surface area contributed by atoms with E-state index in [1.165, 1.54) is 5.48 Å². The number of aryl methyl sites for hydroxylation is 2. The molecule has 1 aromatic carbocycles. The van der Waals surface area contributed by atoms with Crippen LogP contribution in [0.3, 0.4) is 0 Å². The Morgan fingerprint density at radius 3 is 2.56 bits per heavy atom. The SMILES string of the molecule is Cc1ccc2c(c1)/C(=C/c1[nH]c(C)c(C(=O)NCCC(=O)NCC(=O)NO)c1C)C(=O)N2. The number of rotatable bonds is 7. The molecule has 1 aliphatic heterocycles. The lowest BCUT2D eigenvalue weighted by Gasteiger charge is -2.07. The second-order valence-corrected chi connectivity index (χ2v) is 7.54. The number of amides is 4. The highest BCUT2D eigenvalue weighted by Gasteiger charge is 2.25. The highest BCUT2D eigenvalue weighted by molar-refractivity contribution is 6.35. The molecule has 0 atom stereocenters. The number of hydrogen-bond acceptors (Lipinski definition) is 5. The zero-order valence-corrected chi connectivity index (χ0v) is 18.0. The van der Waals surface area contributed by atoms with E-state index in [2.05, 4.69) is 20.9 Å². The third-order valence-electron chi connectivity index (χ3n) is 5.16. The Labute approximate surface area is 184 Å². The lowest BCUT2D eigenvalue weighted by molar-refractivity contribution is -0.131. The van der Waals surface area contributed by atoms with E-state index >= 15 is 0 Å². The molecule has 10 heteroatoms. The average Bonchev–Trinajstić information content (AvgIpc) is 3.21. The van der Waals surface area contributed by atoms with Crippen molar-refractivity contribution < 1.29 is 24.4 Å². The van der Waals surface area contributed by atoms with Gasteiger partial charge in [-0.2, -0.15) is 0 Å². The number of hydrogen-bond donors (Lipinski definition) is 6. The normalized spacial score (nSPS) is 13.5. The fraction of sp³-hybridized carbons (Fsp3) is 0.273. The first-order chi connectivity index (χ1) is 15.2. The van der Waals surface area contributed by atoms with Crippen LogP contribution in [-0.4, -0.2) is 46.9 Å². The van der Waals surface area contributed by atoms with Crippen LogP contribution in [0.4, 0.5) is 5.69 Å².